The Balaban J connectivity index is 1.59. The number of nitrogens with one attached hydrogen (secondary N) is 1. The Labute approximate surface area is 217 Å². The van der Waals surface area contributed by atoms with Gasteiger partial charge in [0, 0.05) is 43.2 Å². The average Bonchev–Trinajstić information content (AvgIpc) is 3.68. The highest BCUT2D eigenvalue weighted by molar-refractivity contribution is 5.95. The summed E-state index contributed by atoms with van der Waals surface area (Å²) in [6, 6.07) is 6.93. The number of hydrogen-bond donors (Lipinski definition) is 2. The van der Waals surface area contributed by atoms with Gasteiger partial charge in [0.25, 0.3) is 5.56 Å². The molecule has 2 aliphatic rings. The average molecular weight is 516 g/mol. The van der Waals surface area contributed by atoms with E-state index in [1.54, 1.807) is 36.1 Å². The molecule has 0 atom stereocenters. The van der Waals surface area contributed by atoms with Gasteiger partial charge in [-0.3, -0.25) is 9.48 Å². The molecule has 2 fully saturated rings. The van der Waals surface area contributed by atoms with Crippen molar-refractivity contribution in [2.75, 3.05) is 31.2 Å². The smallest absolute Gasteiger partial charge is 0.272 e. The van der Waals surface area contributed by atoms with E-state index in [2.05, 4.69) is 20.1 Å². The van der Waals surface area contributed by atoms with Gasteiger partial charge in [-0.1, -0.05) is 6.07 Å². The van der Waals surface area contributed by atoms with Gasteiger partial charge >= 0.3 is 0 Å². The third-order valence-electron chi connectivity index (χ3n) is 7.01. The molecule has 38 heavy (non-hydrogen) atoms. The summed E-state index contributed by atoms with van der Waals surface area (Å²) in [6.45, 7) is 10.2. The second kappa shape index (κ2) is 9.55. The topological polar surface area (TPSA) is 116 Å². The number of ether oxygens (including phenoxy) is 2. The summed E-state index contributed by atoms with van der Waals surface area (Å²) in [7, 11) is 1.72. The van der Waals surface area contributed by atoms with E-state index < -0.39 is 5.82 Å². The molecular formula is C27H26FN7O3. The third kappa shape index (κ3) is 4.08. The molecule has 1 saturated heterocycles. The van der Waals surface area contributed by atoms with Gasteiger partial charge in [-0.25, -0.2) is 14.3 Å². The van der Waals surface area contributed by atoms with Gasteiger partial charge in [0.05, 0.1) is 54.5 Å². The standard InChI is InChI=1S/C27H26FN7O3/c1-30-25-22(38-16-4-5-16)12-21(35-7-9-37-10-8-35)24(28)23(25)26-19(14-31-34(26)2)15-3-6-17-18(11-15)20(13-29)32-33-27(17)36/h3,6,11-12,14,16H,4-5,7-10,13,29H2,2H3,(H,33,36). The Morgan fingerprint density at radius 2 is 2.05 bits per heavy atom. The predicted octanol–water partition coefficient (Wildman–Crippen LogP) is 3.52. The molecule has 3 heterocycles. The summed E-state index contributed by atoms with van der Waals surface area (Å²) in [4.78, 5) is 18.0. The molecular weight excluding hydrogens is 489 g/mol. The number of aromatic amines is 1. The molecule has 4 aromatic rings. The van der Waals surface area contributed by atoms with Crippen LogP contribution >= 0.6 is 0 Å². The Morgan fingerprint density at radius 3 is 2.76 bits per heavy atom. The van der Waals surface area contributed by atoms with Crippen LogP contribution in [0.4, 0.5) is 15.8 Å². The Morgan fingerprint density at radius 1 is 1.26 bits per heavy atom. The lowest BCUT2D eigenvalue weighted by atomic mass is 9.96. The number of benzene rings is 2. The SMILES string of the molecule is [C-]#[N+]c1c(OC2CC2)cc(N2CCOCC2)c(F)c1-c1c(-c2ccc3c(=O)[nH]nc(CN)c3c2)cnn1C. The molecule has 1 aliphatic heterocycles. The minimum atomic E-state index is -0.507. The number of aryl methyl sites for hydroxylation is 1. The normalized spacial score (nSPS) is 15.6. The Kier molecular flexibility index (Phi) is 6.06. The molecule has 1 aliphatic carbocycles. The number of rotatable bonds is 6. The molecule has 6 rings (SSSR count). The number of nitrogens with two attached hydrogens (primary N) is 1. The van der Waals surface area contributed by atoms with E-state index in [0.29, 0.717) is 71.0 Å². The number of aromatic nitrogens is 4. The zero-order valence-electron chi connectivity index (χ0n) is 20.8. The quantitative estimate of drug-likeness (QED) is 0.378. The molecule has 194 valence electrons. The highest BCUT2D eigenvalue weighted by atomic mass is 19.1. The van der Waals surface area contributed by atoms with Crippen LogP contribution in [0.2, 0.25) is 0 Å². The zero-order chi connectivity index (χ0) is 26.4. The number of nitrogens with zero attached hydrogens (tertiary/aromatic N) is 5. The third-order valence-corrected chi connectivity index (χ3v) is 7.01. The first-order valence-corrected chi connectivity index (χ1v) is 12.5. The molecule has 2 aromatic heterocycles. The second-order valence-electron chi connectivity index (χ2n) is 9.45. The maximum Gasteiger partial charge on any atom is 0.272 e. The number of anilines is 1. The largest absolute Gasteiger partial charge is 0.501 e. The highest BCUT2D eigenvalue weighted by Gasteiger charge is 2.31. The van der Waals surface area contributed by atoms with Gasteiger partial charge in [0.1, 0.15) is 11.6 Å². The van der Waals surface area contributed by atoms with Crippen LogP contribution in [0.5, 0.6) is 5.75 Å². The lowest BCUT2D eigenvalue weighted by molar-refractivity contribution is 0.122. The van der Waals surface area contributed by atoms with Crippen LogP contribution in [0.3, 0.4) is 0 Å². The van der Waals surface area contributed by atoms with Gasteiger partial charge < -0.3 is 20.1 Å². The monoisotopic (exact) mass is 515 g/mol. The van der Waals surface area contributed by atoms with E-state index in [1.807, 2.05) is 11.0 Å². The lowest BCUT2D eigenvalue weighted by Crippen LogP contribution is -2.36. The second-order valence-corrected chi connectivity index (χ2v) is 9.45. The van der Waals surface area contributed by atoms with Gasteiger partial charge in [-0.2, -0.15) is 10.2 Å². The van der Waals surface area contributed by atoms with Crippen molar-refractivity contribution in [1.82, 2.24) is 20.0 Å². The number of hydrogen-bond acceptors (Lipinski definition) is 7. The predicted molar refractivity (Wildman–Crippen MR) is 141 cm³/mol. The number of fused-ring (bicyclic) bond motifs is 1. The highest BCUT2D eigenvalue weighted by Crippen LogP contribution is 2.48. The van der Waals surface area contributed by atoms with Crippen molar-refractivity contribution in [1.29, 1.82) is 0 Å². The minimum Gasteiger partial charge on any atom is -0.501 e. The number of H-pyrrole nitrogens is 1. The number of morpholine rings is 1. The molecule has 0 spiro atoms. The fraction of sp³-hybridized carbons (Fsp3) is 0.333. The maximum absolute atomic E-state index is 16.5. The van der Waals surface area contributed by atoms with Crippen molar-refractivity contribution >= 4 is 22.1 Å². The van der Waals surface area contributed by atoms with E-state index in [9.17, 15) is 4.79 Å². The molecule has 10 nitrogen and oxygen atoms in total. The van der Waals surface area contributed by atoms with Crippen LogP contribution in [0.1, 0.15) is 18.5 Å². The van der Waals surface area contributed by atoms with Crippen molar-refractivity contribution < 1.29 is 13.9 Å². The molecule has 0 radical (unpaired) electrons. The van der Waals surface area contributed by atoms with Gasteiger partial charge in [0.2, 0.25) is 5.69 Å². The van der Waals surface area contributed by atoms with Crippen LogP contribution in [-0.2, 0) is 18.3 Å². The van der Waals surface area contributed by atoms with Crippen molar-refractivity contribution in [3.63, 3.8) is 0 Å². The van der Waals surface area contributed by atoms with E-state index >= 15 is 4.39 Å². The first-order chi connectivity index (χ1) is 18.5. The fourth-order valence-electron chi connectivity index (χ4n) is 4.92. The Bertz CT molecular complexity index is 1650. The van der Waals surface area contributed by atoms with E-state index in [-0.39, 0.29) is 29.5 Å². The molecule has 3 N–H and O–H groups in total. The van der Waals surface area contributed by atoms with E-state index in [1.165, 1.54) is 0 Å². The fourth-order valence-corrected chi connectivity index (χ4v) is 4.92. The van der Waals surface area contributed by atoms with Crippen LogP contribution in [0, 0.1) is 12.4 Å². The summed E-state index contributed by atoms with van der Waals surface area (Å²) in [5.41, 5.74) is 8.45. The summed E-state index contributed by atoms with van der Waals surface area (Å²) in [6.07, 6.45) is 3.47. The van der Waals surface area contributed by atoms with Crippen LogP contribution in [0.15, 0.2) is 35.3 Å². The summed E-state index contributed by atoms with van der Waals surface area (Å²) in [5.74, 6) is -0.139. The first kappa shape index (κ1) is 24.1. The van der Waals surface area contributed by atoms with Gasteiger partial charge in [-0.15, -0.1) is 0 Å². The van der Waals surface area contributed by atoms with Crippen LogP contribution in [0.25, 0.3) is 38.0 Å². The van der Waals surface area contributed by atoms with Crippen LogP contribution < -0.4 is 20.9 Å². The summed E-state index contributed by atoms with van der Waals surface area (Å²) < 4.78 is 29.7. The molecule has 11 heteroatoms. The van der Waals surface area contributed by atoms with Gasteiger partial charge in [0.15, 0.2) is 0 Å². The van der Waals surface area contributed by atoms with E-state index in [0.717, 1.165) is 12.8 Å². The minimum absolute atomic E-state index is 0.0260. The zero-order valence-corrected chi connectivity index (χ0v) is 20.8. The summed E-state index contributed by atoms with van der Waals surface area (Å²) >= 11 is 0. The van der Waals surface area contributed by atoms with Crippen LogP contribution in [-0.4, -0.2) is 52.4 Å². The number of halogens is 1. The molecule has 2 aromatic carbocycles. The van der Waals surface area contributed by atoms with Gasteiger partial charge in [-0.05, 0) is 36.6 Å². The molecule has 0 amide bonds. The maximum atomic E-state index is 16.5. The molecule has 0 bridgehead atoms. The van der Waals surface area contributed by atoms with Crippen molar-refractivity contribution in [2.24, 2.45) is 12.8 Å². The van der Waals surface area contributed by atoms with Crippen molar-refractivity contribution in [3.05, 3.63) is 63.7 Å². The first-order valence-electron chi connectivity index (χ1n) is 12.5. The van der Waals surface area contributed by atoms with E-state index in [4.69, 9.17) is 21.8 Å². The van der Waals surface area contributed by atoms with Crippen molar-refractivity contribution in [2.45, 2.75) is 25.5 Å². The lowest BCUT2D eigenvalue weighted by Gasteiger charge is -2.30. The van der Waals surface area contributed by atoms with Crippen molar-refractivity contribution in [3.8, 4) is 28.1 Å². The molecule has 1 saturated carbocycles. The summed E-state index contributed by atoms with van der Waals surface area (Å²) in [5, 5.41) is 12.0. The Hall–Kier alpha value is -4.27. The molecule has 0 unspecified atom stereocenters.